The van der Waals surface area contributed by atoms with E-state index >= 15 is 0 Å². The van der Waals surface area contributed by atoms with Gasteiger partial charge in [0.05, 0.1) is 21.5 Å². The number of hydrogen-bond acceptors (Lipinski definition) is 7. The Balaban J connectivity index is 0. The van der Waals surface area contributed by atoms with Crippen molar-refractivity contribution in [1.82, 2.24) is 0 Å². The summed E-state index contributed by atoms with van der Waals surface area (Å²) < 4.78 is 37.7. The zero-order valence-corrected chi connectivity index (χ0v) is 9.73. The third-order valence-corrected chi connectivity index (χ3v) is 1.13. The van der Waals surface area contributed by atoms with Gasteiger partial charge in [-0.25, -0.2) is 0 Å². The summed E-state index contributed by atoms with van der Waals surface area (Å²) in [5.74, 6) is 0. The third-order valence-electron chi connectivity index (χ3n) is 1.13. The molecule has 7 nitrogen and oxygen atoms in total. The molecule has 0 saturated heterocycles. The molecule has 0 heterocycles. The summed E-state index contributed by atoms with van der Waals surface area (Å²) in [5, 5.41) is 9.24. The van der Waals surface area contributed by atoms with E-state index < -0.39 is 16.5 Å². The van der Waals surface area contributed by atoms with Crippen LogP contribution in [0.4, 0.5) is 0 Å². The topological polar surface area (TPSA) is 145 Å². The van der Waals surface area contributed by atoms with Crippen molar-refractivity contribution in [2.45, 2.75) is 27.1 Å². The van der Waals surface area contributed by atoms with Gasteiger partial charge in [-0.3, -0.25) is 0 Å². The quantitative estimate of drug-likeness (QED) is 0.434. The highest BCUT2D eigenvalue weighted by Gasteiger charge is 2.21. The highest BCUT2D eigenvalue weighted by molar-refractivity contribution is 4.64. The van der Waals surface area contributed by atoms with Crippen LogP contribution in [-0.2, 0) is 4.74 Å². The molecule has 0 aliphatic carbocycles. The van der Waals surface area contributed by atoms with Gasteiger partial charge in [-0.2, -0.15) is 14.0 Å². The summed E-state index contributed by atoms with van der Waals surface area (Å²) >= 11 is 0. The zero-order chi connectivity index (χ0) is 12.7. The second-order valence-corrected chi connectivity index (χ2v) is 4.57. The molecule has 0 aromatic heterocycles. The molecule has 94 valence electrons. The van der Waals surface area contributed by atoms with Crippen molar-refractivity contribution in [1.29, 1.82) is 0 Å². The molecule has 8 heteroatoms. The molecule has 0 rings (SSSR count). The van der Waals surface area contributed by atoms with Crippen LogP contribution in [0.15, 0.2) is 0 Å². The molecule has 1 unspecified atom stereocenters. The van der Waals surface area contributed by atoms with E-state index in [0.717, 1.165) is 0 Å². The van der Waals surface area contributed by atoms with E-state index in [-0.39, 0.29) is 5.41 Å². The Morgan fingerprint density at radius 3 is 1.87 bits per heavy atom. The van der Waals surface area contributed by atoms with Crippen LogP contribution in [-0.4, -0.2) is 29.2 Å². The van der Waals surface area contributed by atoms with E-state index in [1.807, 2.05) is 20.8 Å². The van der Waals surface area contributed by atoms with E-state index in [0.29, 0.717) is 13.2 Å². The fourth-order valence-electron chi connectivity index (χ4n) is 0.430. The summed E-state index contributed by atoms with van der Waals surface area (Å²) in [6.45, 7) is 6.60. The minimum atomic E-state index is -4.69. The van der Waals surface area contributed by atoms with Gasteiger partial charge in [0.15, 0.2) is 6.29 Å². The molecule has 0 aromatic carbocycles. The van der Waals surface area contributed by atoms with Gasteiger partial charge in [0.2, 0.25) is 0 Å². The monoisotopic (exact) mass is 247 g/mol. The molecule has 0 radical (unpaired) electrons. The lowest BCUT2D eigenvalue weighted by molar-refractivity contribution is -1.92. The Labute approximate surface area is 90.8 Å². The second kappa shape index (κ2) is 7.31. The van der Waals surface area contributed by atoms with E-state index in [2.05, 4.69) is 0 Å². The highest BCUT2D eigenvalue weighted by atomic mass is 35.7. The van der Waals surface area contributed by atoms with Crippen LogP contribution in [0.5, 0.6) is 0 Å². The molecular weight excluding hydrogens is 230 g/mol. The summed E-state index contributed by atoms with van der Waals surface area (Å²) in [7, 11) is -4.69. The van der Waals surface area contributed by atoms with Crippen LogP contribution in [0, 0.1) is 15.7 Å². The molecule has 0 aromatic rings. The molecule has 15 heavy (non-hydrogen) atoms. The molecule has 4 N–H and O–H groups in total. The third kappa shape index (κ3) is 20.2. The van der Waals surface area contributed by atoms with Gasteiger partial charge in [0, 0.05) is 12.0 Å². The number of aliphatic hydroxyl groups excluding tert-OH is 1. The Kier molecular flexibility index (Phi) is 8.48. The molecule has 0 bridgehead atoms. The first-order chi connectivity index (χ1) is 6.48. The lowest BCUT2D eigenvalue weighted by atomic mass is 9.96. The van der Waals surface area contributed by atoms with Crippen molar-refractivity contribution >= 4 is 0 Å². The standard InChI is InChI=1S/C7H17NO2.ClHO4/c1-7(2,3)6(9)10-5-4-8;2-1(3,4)5/h6,9H,4-5,8H2,1-3H3;(H,2,3,4,5). The Morgan fingerprint density at radius 2 is 1.67 bits per heavy atom. The minimum absolute atomic E-state index is 0.213. The Hall–Kier alpha value is 0.01000. The average Bonchev–Trinajstić information content (AvgIpc) is 1.94. The lowest BCUT2D eigenvalue weighted by Gasteiger charge is -2.25. The molecule has 0 aliphatic heterocycles. The van der Waals surface area contributed by atoms with E-state index in [1.54, 1.807) is 0 Å². The summed E-state index contributed by atoms with van der Waals surface area (Å²) in [6.07, 6.45) is -0.712. The predicted octanol–water partition coefficient (Wildman–Crippen LogP) is -3.80. The van der Waals surface area contributed by atoms with Crippen LogP contribution >= 0.6 is 0 Å². The van der Waals surface area contributed by atoms with Crippen molar-refractivity contribution < 1.29 is 38.7 Å². The van der Waals surface area contributed by atoms with Gasteiger partial charge < -0.3 is 15.6 Å². The molecule has 0 fully saturated rings. The van der Waals surface area contributed by atoms with Crippen LogP contribution in [0.25, 0.3) is 0 Å². The normalized spacial score (nSPS) is 14.2. The van der Waals surface area contributed by atoms with Gasteiger partial charge >= 0.3 is 0 Å². The zero-order valence-electron chi connectivity index (χ0n) is 8.97. The average molecular weight is 248 g/mol. The Morgan fingerprint density at radius 1 is 1.33 bits per heavy atom. The number of ether oxygens (including phenoxy) is 1. The first-order valence-electron chi connectivity index (χ1n) is 4.11. The van der Waals surface area contributed by atoms with E-state index in [9.17, 15) is 5.11 Å². The molecule has 0 saturated carbocycles. The molecule has 1 atom stereocenters. The van der Waals surface area contributed by atoms with E-state index in [4.69, 9.17) is 29.1 Å². The maximum atomic E-state index is 9.24. The predicted molar refractivity (Wildman–Crippen MR) is 42.7 cm³/mol. The molecular formula is C7H18ClNO6. The first-order valence-corrected chi connectivity index (χ1v) is 5.38. The summed E-state index contributed by atoms with van der Waals surface area (Å²) in [4.78, 5) is 0. The second-order valence-electron chi connectivity index (χ2n) is 3.77. The summed E-state index contributed by atoms with van der Waals surface area (Å²) in [5.41, 5.74) is 4.97. The largest absolute Gasteiger partial charge is 0.368 e. The Bertz CT molecular complexity index is 149. The number of aliphatic hydroxyl groups is 1. The number of rotatable bonds is 3. The number of nitrogens with two attached hydrogens (primary N) is 1. The maximum absolute atomic E-state index is 9.24. The SMILES string of the molecule is CC(C)(C)C(O)OCCN.[O-][Cl+3]([O-])([O-])O. The maximum Gasteiger partial charge on any atom is 0.159 e. The smallest absolute Gasteiger partial charge is 0.159 e. The van der Waals surface area contributed by atoms with Crippen LogP contribution < -0.4 is 19.7 Å². The van der Waals surface area contributed by atoms with Gasteiger partial charge in [0.1, 0.15) is 0 Å². The first kappa shape index (κ1) is 17.4. The summed E-state index contributed by atoms with van der Waals surface area (Å²) in [6, 6.07) is 0. The van der Waals surface area contributed by atoms with Crippen LogP contribution in [0.3, 0.4) is 0 Å². The molecule has 0 amide bonds. The van der Waals surface area contributed by atoms with Crippen molar-refractivity contribution in [2.75, 3.05) is 13.2 Å². The van der Waals surface area contributed by atoms with Crippen molar-refractivity contribution in [3.05, 3.63) is 0 Å². The van der Waals surface area contributed by atoms with Crippen molar-refractivity contribution in [3.8, 4) is 0 Å². The van der Waals surface area contributed by atoms with E-state index in [1.165, 1.54) is 0 Å². The number of halogens is 1. The van der Waals surface area contributed by atoms with Crippen LogP contribution in [0.1, 0.15) is 20.8 Å². The van der Waals surface area contributed by atoms with Gasteiger partial charge in [-0.1, -0.05) is 20.8 Å². The molecule has 0 aliphatic rings. The van der Waals surface area contributed by atoms with Gasteiger partial charge in [0.25, 0.3) is 0 Å². The fraction of sp³-hybridized carbons (Fsp3) is 1.00. The molecule has 0 spiro atoms. The van der Waals surface area contributed by atoms with Gasteiger partial charge in [-0.15, -0.1) is 0 Å². The van der Waals surface area contributed by atoms with Crippen molar-refractivity contribution in [2.24, 2.45) is 11.1 Å². The minimum Gasteiger partial charge on any atom is -0.368 e. The fourth-order valence-corrected chi connectivity index (χ4v) is 0.430. The van der Waals surface area contributed by atoms with Crippen molar-refractivity contribution in [3.63, 3.8) is 0 Å². The lowest BCUT2D eigenvalue weighted by Crippen LogP contribution is -2.58. The van der Waals surface area contributed by atoms with Gasteiger partial charge in [-0.05, 0) is 0 Å². The highest BCUT2D eigenvalue weighted by Crippen LogP contribution is 2.19. The number of hydrogen-bond donors (Lipinski definition) is 3. The van der Waals surface area contributed by atoms with Crippen LogP contribution in [0.2, 0.25) is 0 Å².